The van der Waals surface area contributed by atoms with Crippen molar-refractivity contribution in [2.45, 2.75) is 25.8 Å². The molecular weight excluding hydrogens is 217 g/mol. The second-order valence-corrected chi connectivity index (χ2v) is 4.69. The average molecular weight is 237 g/mol. The molecule has 1 aromatic rings. The third-order valence-corrected chi connectivity index (χ3v) is 3.37. The van der Waals surface area contributed by atoms with Gasteiger partial charge in [0.1, 0.15) is 5.82 Å². The van der Waals surface area contributed by atoms with Crippen molar-refractivity contribution < 1.29 is 4.39 Å². The molecule has 1 aromatic heterocycles. The minimum absolute atomic E-state index is 0.394. The minimum Gasteiger partial charge on any atom is -0.352 e. The number of rotatable bonds is 2. The fourth-order valence-corrected chi connectivity index (χ4v) is 2.45. The van der Waals surface area contributed by atoms with E-state index in [0.717, 1.165) is 38.3 Å². The van der Waals surface area contributed by atoms with E-state index in [2.05, 4.69) is 28.8 Å². The lowest BCUT2D eigenvalue weighted by Gasteiger charge is -2.31. The van der Waals surface area contributed by atoms with Crippen LogP contribution in [0.4, 0.5) is 10.2 Å². The van der Waals surface area contributed by atoms with Crippen LogP contribution in [-0.2, 0) is 0 Å². The maximum absolute atomic E-state index is 13.2. The molecule has 17 heavy (non-hydrogen) atoms. The van der Waals surface area contributed by atoms with E-state index in [1.807, 2.05) is 6.07 Å². The number of halogens is 1. The van der Waals surface area contributed by atoms with Gasteiger partial charge in [-0.1, -0.05) is 13.0 Å². The summed E-state index contributed by atoms with van der Waals surface area (Å²) in [5.41, 5.74) is 0. The van der Waals surface area contributed by atoms with E-state index < -0.39 is 5.95 Å². The molecule has 1 saturated heterocycles. The van der Waals surface area contributed by atoms with Gasteiger partial charge in [-0.05, 0) is 38.6 Å². The molecule has 0 N–H and O–H groups in total. The molecular formula is C13H20FN3. The van der Waals surface area contributed by atoms with Crippen LogP contribution in [0.25, 0.3) is 0 Å². The Morgan fingerprint density at radius 2 is 2.24 bits per heavy atom. The number of aromatic nitrogens is 1. The van der Waals surface area contributed by atoms with Crippen molar-refractivity contribution in [3.05, 3.63) is 24.1 Å². The molecule has 0 bridgehead atoms. The Kier molecular flexibility index (Phi) is 3.94. The topological polar surface area (TPSA) is 19.4 Å². The van der Waals surface area contributed by atoms with Crippen LogP contribution in [0, 0.1) is 5.95 Å². The van der Waals surface area contributed by atoms with Gasteiger partial charge in [-0.3, -0.25) is 0 Å². The molecule has 2 heterocycles. The Bertz CT molecular complexity index is 369. The summed E-state index contributed by atoms with van der Waals surface area (Å²) in [6, 6.07) is 5.46. The van der Waals surface area contributed by atoms with Gasteiger partial charge < -0.3 is 9.80 Å². The Morgan fingerprint density at radius 1 is 1.41 bits per heavy atom. The molecule has 0 radical (unpaired) electrons. The summed E-state index contributed by atoms with van der Waals surface area (Å²) in [7, 11) is 2.14. The van der Waals surface area contributed by atoms with Crippen LogP contribution in [0.1, 0.15) is 19.8 Å². The van der Waals surface area contributed by atoms with E-state index >= 15 is 0 Å². The monoisotopic (exact) mass is 237 g/mol. The van der Waals surface area contributed by atoms with E-state index in [1.54, 1.807) is 6.07 Å². The van der Waals surface area contributed by atoms with E-state index in [-0.39, 0.29) is 0 Å². The highest BCUT2D eigenvalue weighted by molar-refractivity contribution is 5.39. The van der Waals surface area contributed by atoms with Crippen molar-refractivity contribution in [1.29, 1.82) is 0 Å². The van der Waals surface area contributed by atoms with Crippen molar-refractivity contribution in [2.24, 2.45) is 0 Å². The molecule has 1 aliphatic heterocycles. The largest absolute Gasteiger partial charge is 0.352 e. The zero-order valence-electron chi connectivity index (χ0n) is 10.6. The lowest BCUT2D eigenvalue weighted by molar-refractivity contribution is 0.327. The molecule has 2 rings (SSSR count). The van der Waals surface area contributed by atoms with Crippen LogP contribution in [0.2, 0.25) is 0 Å². The minimum atomic E-state index is -0.394. The smallest absolute Gasteiger partial charge is 0.214 e. The second kappa shape index (κ2) is 5.45. The number of nitrogens with zero attached hydrogens (tertiary/aromatic N) is 3. The number of hydrogen-bond donors (Lipinski definition) is 0. The first-order valence-electron chi connectivity index (χ1n) is 6.28. The zero-order chi connectivity index (χ0) is 12.3. The maximum Gasteiger partial charge on any atom is 0.214 e. The summed E-state index contributed by atoms with van der Waals surface area (Å²) >= 11 is 0. The van der Waals surface area contributed by atoms with E-state index in [0.29, 0.717) is 6.04 Å². The Labute approximate surface area is 102 Å². The number of likely N-dealkylation sites (N-methyl/N-ethyl adjacent to an activating group) is 1. The summed E-state index contributed by atoms with van der Waals surface area (Å²) in [6.45, 7) is 5.26. The zero-order valence-corrected chi connectivity index (χ0v) is 10.6. The quantitative estimate of drug-likeness (QED) is 0.735. The number of hydrogen-bond acceptors (Lipinski definition) is 3. The predicted octanol–water partition coefficient (Wildman–Crippen LogP) is 2.14. The maximum atomic E-state index is 13.2. The van der Waals surface area contributed by atoms with Gasteiger partial charge in [0.25, 0.3) is 0 Å². The molecule has 0 spiro atoms. The molecule has 0 aromatic carbocycles. The lowest BCUT2D eigenvalue weighted by Crippen LogP contribution is -2.40. The molecule has 0 saturated carbocycles. The van der Waals surface area contributed by atoms with Crippen molar-refractivity contribution in [3.8, 4) is 0 Å². The van der Waals surface area contributed by atoms with Crippen molar-refractivity contribution in [1.82, 2.24) is 9.88 Å². The van der Waals surface area contributed by atoms with E-state index in [9.17, 15) is 4.39 Å². The number of anilines is 1. The van der Waals surface area contributed by atoms with E-state index in [1.165, 1.54) is 6.07 Å². The third-order valence-electron chi connectivity index (χ3n) is 3.37. The van der Waals surface area contributed by atoms with Crippen LogP contribution in [0.15, 0.2) is 18.2 Å². The molecule has 1 atom stereocenters. The molecule has 0 amide bonds. The Morgan fingerprint density at radius 3 is 2.94 bits per heavy atom. The Balaban J connectivity index is 2.22. The van der Waals surface area contributed by atoms with Gasteiger partial charge in [0.15, 0.2) is 0 Å². The third kappa shape index (κ3) is 2.94. The predicted molar refractivity (Wildman–Crippen MR) is 67.7 cm³/mol. The van der Waals surface area contributed by atoms with Gasteiger partial charge in [-0.2, -0.15) is 4.39 Å². The second-order valence-electron chi connectivity index (χ2n) is 4.69. The van der Waals surface area contributed by atoms with Crippen molar-refractivity contribution in [3.63, 3.8) is 0 Å². The van der Waals surface area contributed by atoms with Crippen molar-refractivity contribution in [2.75, 3.05) is 31.6 Å². The fraction of sp³-hybridized carbons (Fsp3) is 0.615. The molecule has 3 nitrogen and oxygen atoms in total. The van der Waals surface area contributed by atoms with Gasteiger partial charge >= 0.3 is 0 Å². The SMILES string of the molecule is CCC1CN(C)CCCN1c1cccc(F)n1. The first kappa shape index (κ1) is 12.3. The standard InChI is InChI=1S/C13H20FN3/c1-3-11-10-16(2)8-5-9-17(11)13-7-4-6-12(14)15-13/h4,6-7,11H,3,5,8-10H2,1-2H3. The lowest BCUT2D eigenvalue weighted by atomic mass is 10.2. The van der Waals surface area contributed by atoms with Gasteiger partial charge in [-0.25, -0.2) is 4.98 Å². The summed E-state index contributed by atoms with van der Waals surface area (Å²) < 4.78 is 13.2. The highest BCUT2D eigenvalue weighted by atomic mass is 19.1. The average Bonchev–Trinajstić information content (AvgIpc) is 2.50. The first-order chi connectivity index (χ1) is 8.20. The molecule has 1 aliphatic rings. The molecule has 4 heteroatoms. The van der Waals surface area contributed by atoms with Crippen LogP contribution in [0.3, 0.4) is 0 Å². The molecule has 0 aliphatic carbocycles. The molecule has 1 fully saturated rings. The van der Waals surface area contributed by atoms with Gasteiger partial charge in [0.05, 0.1) is 0 Å². The molecule has 1 unspecified atom stereocenters. The molecule has 94 valence electrons. The fourth-order valence-electron chi connectivity index (χ4n) is 2.45. The number of pyridine rings is 1. The summed E-state index contributed by atoms with van der Waals surface area (Å²) in [6.07, 6.45) is 2.16. The van der Waals surface area contributed by atoms with Gasteiger partial charge in [0, 0.05) is 19.1 Å². The normalized spacial score (nSPS) is 22.5. The van der Waals surface area contributed by atoms with E-state index in [4.69, 9.17) is 0 Å². The van der Waals surface area contributed by atoms with Crippen LogP contribution in [-0.4, -0.2) is 42.6 Å². The van der Waals surface area contributed by atoms with Gasteiger partial charge in [0.2, 0.25) is 5.95 Å². The van der Waals surface area contributed by atoms with Crippen LogP contribution >= 0.6 is 0 Å². The Hall–Kier alpha value is -1.16. The summed E-state index contributed by atoms with van der Waals surface area (Å²) in [5, 5.41) is 0. The van der Waals surface area contributed by atoms with Crippen molar-refractivity contribution >= 4 is 5.82 Å². The highest BCUT2D eigenvalue weighted by Crippen LogP contribution is 2.19. The summed E-state index contributed by atoms with van der Waals surface area (Å²) in [4.78, 5) is 8.59. The van der Waals surface area contributed by atoms with Crippen LogP contribution < -0.4 is 4.90 Å². The first-order valence-corrected chi connectivity index (χ1v) is 6.28. The van der Waals surface area contributed by atoms with Gasteiger partial charge in [-0.15, -0.1) is 0 Å². The van der Waals surface area contributed by atoms with Crippen LogP contribution in [0.5, 0.6) is 0 Å². The highest BCUT2D eigenvalue weighted by Gasteiger charge is 2.23. The summed E-state index contributed by atoms with van der Waals surface area (Å²) in [5.74, 6) is 0.377.